The lowest BCUT2D eigenvalue weighted by Crippen LogP contribution is -2.10. The average molecular weight is 359 g/mol. The van der Waals surface area contributed by atoms with E-state index in [2.05, 4.69) is 36.3 Å². The van der Waals surface area contributed by atoms with E-state index < -0.39 is 0 Å². The Hall–Kier alpha value is -2.28. The minimum absolute atomic E-state index is 0.0747. The fourth-order valence-corrected chi connectivity index (χ4v) is 3.08. The van der Waals surface area contributed by atoms with Gasteiger partial charge in [-0.25, -0.2) is 0 Å². The topological polar surface area (TPSA) is 84.7 Å². The van der Waals surface area contributed by atoms with Gasteiger partial charge >= 0.3 is 0 Å². The molecule has 6 nitrogen and oxygen atoms in total. The van der Waals surface area contributed by atoms with Gasteiger partial charge in [-0.05, 0) is 40.9 Å². The Kier molecular flexibility index (Phi) is 3.15. The zero-order chi connectivity index (χ0) is 15.1. The number of halogens is 1. The van der Waals surface area contributed by atoms with Crippen molar-refractivity contribution in [2.75, 3.05) is 0 Å². The Bertz CT molecular complexity index is 868. The van der Waals surface area contributed by atoms with Crippen molar-refractivity contribution < 1.29 is 9.21 Å². The van der Waals surface area contributed by atoms with Gasteiger partial charge in [0.15, 0.2) is 11.5 Å². The average Bonchev–Trinajstić information content (AvgIpc) is 3.14. The molecule has 2 aromatic heterocycles. The number of H-pyrrole nitrogens is 1. The fraction of sp³-hybridized carbons (Fsp3) is 0.200. The molecule has 0 atom stereocenters. The molecule has 3 aromatic rings. The first-order valence-electron chi connectivity index (χ1n) is 6.93. The summed E-state index contributed by atoms with van der Waals surface area (Å²) >= 11 is 3.46. The molecular weight excluding hydrogens is 348 g/mol. The number of nitrogens with zero attached hydrogens (tertiary/aromatic N) is 3. The van der Waals surface area contributed by atoms with Crippen molar-refractivity contribution in [3.8, 4) is 23.0 Å². The Morgan fingerprint density at radius 2 is 1.95 bits per heavy atom. The van der Waals surface area contributed by atoms with Crippen LogP contribution in [0, 0.1) is 0 Å². The van der Waals surface area contributed by atoms with Gasteiger partial charge in [-0.1, -0.05) is 12.1 Å². The van der Waals surface area contributed by atoms with Crippen LogP contribution in [-0.4, -0.2) is 26.2 Å². The molecule has 0 spiro atoms. The fourth-order valence-electron chi connectivity index (χ4n) is 2.63. The predicted octanol–water partition coefficient (Wildman–Crippen LogP) is 3.41. The standard InChI is InChI=1S/C15H11BrN4O2/c16-9-5-2-1-4-8(9)14-19-20-15(22-14)13-12-10(17-18-13)6-3-7-11(12)21/h1-2,4-5H,3,6-7H2,(H,17,18). The zero-order valence-electron chi connectivity index (χ0n) is 11.5. The van der Waals surface area contributed by atoms with E-state index in [4.69, 9.17) is 4.42 Å². The normalized spacial score (nSPS) is 14.1. The molecule has 7 heteroatoms. The lowest BCUT2D eigenvalue weighted by atomic mass is 9.94. The largest absolute Gasteiger partial charge is 0.414 e. The highest BCUT2D eigenvalue weighted by Gasteiger charge is 2.27. The number of Topliss-reactive ketones (excluding diaryl/α,β-unsaturated/α-hetero) is 1. The van der Waals surface area contributed by atoms with E-state index in [-0.39, 0.29) is 11.7 Å². The maximum Gasteiger partial charge on any atom is 0.269 e. The van der Waals surface area contributed by atoms with Crippen LogP contribution in [0.5, 0.6) is 0 Å². The van der Waals surface area contributed by atoms with Crippen molar-refractivity contribution in [1.82, 2.24) is 20.4 Å². The third-order valence-electron chi connectivity index (χ3n) is 3.68. The van der Waals surface area contributed by atoms with Gasteiger partial charge < -0.3 is 4.42 Å². The van der Waals surface area contributed by atoms with E-state index in [1.54, 1.807) is 0 Å². The second kappa shape index (κ2) is 5.17. The van der Waals surface area contributed by atoms with Crippen LogP contribution in [0.15, 0.2) is 33.2 Å². The SMILES string of the molecule is O=C1CCCc2[nH]nc(-c3nnc(-c4ccccc4Br)o3)c21. The highest BCUT2D eigenvalue weighted by Crippen LogP contribution is 2.32. The third kappa shape index (κ3) is 2.09. The molecule has 0 amide bonds. The van der Waals surface area contributed by atoms with Crippen LogP contribution < -0.4 is 0 Å². The number of ketones is 1. The van der Waals surface area contributed by atoms with Crippen LogP contribution in [0.4, 0.5) is 0 Å². The van der Waals surface area contributed by atoms with Crippen LogP contribution in [0.25, 0.3) is 23.0 Å². The molecule has 1 N–H and O–H groups in total. The number of aryl methyl sites for hydroxylation is 1. The minimum atomic E-state index is 0.0747. The van der Waals surface area contributed by atoms with Gasteiger partial charge in [0.05, 0.1) is 11.1 Å². The van der Waals surface area contributed by atoms with Crippen LogP contribution in [0.2, 0.25) is 0 Å². The number of hydrogen-bond donors (Lipinski definition) is 1. The van der Waals surface area contributed by atoms with E-state index >= 15 is 0 Å². The van der Waals surface area contributed by atoms with Gasteiger partial charge in [0.25, 0.3) is 5.89 Å². The summed E-state index contributed by atoms with van der Waals surface area (Å²) in [7, 11) is 0. The number of fused-ring (bicyclic) bond motifs is 1. The summed E-state index contributed by atoms with van der Waals surface area (Å²) in [5, 5.41) is 15.2. The monoisotopic (exact) mass is 358 g/mol. The van der Waals surface area contributed by atoms with E-state index in [1.807, 2.05) is 24.3 Å². The molecule has 0 saturated heterocycles. The number of hydrogen-bond acceptors (Lipinski definition) is 5. The highest BCUT2D eigenvalue weighted by molar-refractivity contribution is 9.10. The summed E-state index contributed by atoms with van der Waals surface area (Å²) < 4.78 is 6.59. The van der Waals surface area contributed by atoms with Crippen molar-refractivity contribution in [2.45, 2.75) is 19.3 Å². The molecule has 4 rings (SSSR count). The maximum absolute atomic E-state index is 12.1. The molecule has 0 fully saturated rings. The number of carbonyl (C=O) groups excluding carboxylic acids is 1. The van der Waals surface area contributed by atoms with E-state index in [9.17, 15) is 4.79 Å². The third-order valence-corrected chi connectivity index (χ3v) is 4.37. The Morgan fingerprint density at radius 1 is 1.14 bits per heavy atom. The number of nitrogens with one attached hydrogen (secondary N) is 1. The maximum atomic E-state index is 12.1. The van der Waals surface area contributed by atoms with Gasteiger partial charge in [-0.2, -0.15) is 5.10 Å². The van der Waals surface area contributed by atoms with E-state index in [0.717, 1.165) is 28.6 Å². The zero-order valence-corrected chi connectivity index (χ0v) is 13.1. The first kappa shape index (κ1) is 13.4. The van der Waals surface area contributed by atoms with Crippen LogP contribution in [0.3, 0.4) is 0 Å². The van der Waals surface area contributed by atoms with Crippen molar-refractivity contribution in [3.63, 3.8) is 0 Å². The first-order valence-corrected chi connectivity index (χ1v) is 7.72. The van der Waals surface area contributed by atoms with Crippen LogP contribution in [-0.2, 0) is 6.42 Å². The molecule has 2 heterocycles. The molecule has 110 valence electrons. The number of benzene rings is 1. The second-order valence-electron chi connectivity index (χ2n) is 5.09. The predicted molar refractivity (Wildman–Crippen MR) is 82.3 cm³/mol. The number of rotatable bonds is 2. The number of aromatic amines is 1. The Morgan fingerprint density at radius 3 is 2.82 bits per heavy atom. The second-order valence-corrected chi connectivity index (χ2v) is 5.95. The summed E-state index contributed by atoms with van der Waals surface area (Å²) in [6.07, 6.45) is 2.20. The van der Waals surface area contributed by atoms with Crippen molar-refractivity contribution >= 4 is 21.7 Å². The lowest BCUT2D eigenvalue weighted by Gasteiger charge is -2.08. The molecule has 0 saturated carbocycles. The Labute approximate surface area is 134 Å². The van der Waals surface area contributed by atoms with E-state index in [1.165, 1.54) is 0 Å². The molecule has 0 radical (unpaired) electrons. The van der Waals surface area contributed by atoms with Crippen molar-refractivity contribution in [2.24, 2.45) is 0 Å². The molecule has 0 unspecified atom stereocenters. The summed E-state index contributed by atoms with van der Waals surface area (Å²) in [6, 6.07) is 7.59. The van der Waals surface area contributed by atoms with Gasteiger partial charge in [-0.3, -0.25) is 9.89 Å². The number of carbonyl (C=O) groups is 1. The summed E-state index contributed by atoms with van der Waals surface area (Å²) in [5.41, 5.74) is 2.70. The lowest BCUT2D eigenvalue weighted by molar-refractivity contribution is 0.0973. The Balaban J connectivity index is 1.79. The van der Waals surface area contributed by atoms with Gasteiger partial charge in [0.1, 0.15) is 0 Å². The molecule has 0 bridgehead atoms. The molecule has 1 aliphatic rings. The molecule has 0 aliphatic heterocycles. The quantitative estimate of drug-likeness (QED) is 0.758. The van der Waals surface area contributed by atoms with Crippen molar-refractivity contribution in [1.29, 1.82) is 0 Å². The highest BCUT2D eigenvalue weighted by atomic mass is 79.9. The first-order chi connectivity index (χ1) is 10.7. The van der Waals surface area contributed by atoms with Gasteiger partial charge in [0.2, 0.25) is 5.89 Å². The van der Waals surface area contributed by atoms with Crippen molar-refractivity contribution in [3.05, 3.63) is 40.0 Å². The molecule has 1 aromatic carbocycles. The van der Waals surface area contributed by atoms with Gasteiger partial charge in [-0.15, -0.1) is 10.2 Å². The number of aromatic nitrogens is 4. The molecule has 22 heavy (non-hydrogen) atoms. The van der Waals surface area contributed by atoms with Gasteiger partial charge in [0, 0.05) is 16.6 Å². The summed E-state index contributed by atoms with van der Waals surface area (Å²) in [4.78, 5) is 12.1. The molecular formula is C15H11BrN4O2. The summed E-state index contributed by atoms with van der Waals surface area (Å²) in [5.74, 6) is 0.728. The van der Waals surface area contributed by atoms with Crippen LogP contribution >= 0.6 is 15.9 Å². The van der Waals surface area contributed by atoms with E-state index in [0.29, 0.717) is 23.6 Å². The molecule has 1 aliphatic carbocycles. The minimum Gasteiger partial charge on any atom is -0.414 e. The van der Waals surface area contributed by atoms with Crippen LogP contribution in [0.1, 0.15) is 28.9 Å². The summed E-state index contributed by atoms with van der Waals surface area (Å²) in [6.45, 7) is 0. The smallest absolute Gasteiger partial charge is 0.269 e.